The Hall–Kier alpha value is -1.18. The largest absolute Gasteiger partial charge is 0.262 e. The van der Waals surface area contributed by atoms with Gasteiger partial charge in [0.05, 0.1) is 11.9 Å². The van der Waals surface area contributed by atoms with Crippen molar-refractivity contribution in [1.29, 1.82) is 0 Å². The topological polar surface area (TPSA) is 25.2 Å². The van der Waals surface area contributed by atoms with E-state index >= 15 is 0 Å². The summed E-state index contributed by atoms with van der Waals surface area (Å²) in [5.74, 6) is 0. The quantitative estimate of drug-likeness (QED) is 0.595. The molecule has 1 aliphatic rings. The summed E-state index contributed by atoms with van der Waals surface area (Å²) in [6.45, 7) is 2.14. The Balaban J connectivity index is 2.39. The number of rotatable bonds is 1. The van der Waals surface area contributed by atoms with Crippen LogP contribution in [-0.4, -0.2) is 10.7 Å². The molecule has 2 nitrogen and oxygen atoms in total. The molecular formula is C9H10N2. The average Bonchev–Trinajstić information content (AvgIpc) is 2.46. The Morgan fingerprint density at radius 1 is 1.55 bits per heavy atom. The molecule has 56 valence electrons. The Labute approximate surface area is 66.0 Å². The van der Waals surface area contributed by atoms with Gasteiger partial charge in [0.2, 0.25) is 0 Å². The van der Waals surface area contributed by atoms with E-state index in [9.17, 15) is 0 Å². The van der Waals surface area contributed by atoms with Crippen LogP contribution in [0.5, 0.6) is 0 Å². The monoisotopic (exact) mass is 146 g/mol. The predicted molar refractivity (Wildman–Crippen MR) is 45.3 cm³/mol. The maximum atomic E-state index is 4.42. The third kappa shape index (κ3) is 1.04. The van der Waals surface area contributed by atoms with Gasteiger partial charge in [0.25, 0.3) is 0 Å². The SMILES string of the molecule is CCC1=Nc2cnccc2C1. The molecule has 1 aliphatic heterocycles. The molecule has 0 saturated carbocycles. The van der Waals surface area contributed by atoms with E-state index < -0.39 is 0 Å². The van der Waals surface area contributed by atoms with Gasteiger partial charge in [-0.3, -0.25) is 9.98 Å². The minimum Gasteiger partial charge on any atom is -0.262 e. The molecule has 0 unspecified atom stereocenters. The summed E-state index contributed by atoms with van der Waals surface area (Å²) in [6.07, 6.45) is 5.73. The highest BCUT2D eigenvalue weighted by atomic mass is 14.8. The molecule has 0 fully saturated rings. The molecule has 0 radical (unpaired) electrons. The molecule has 0 spiro atoms. The second kappa shape index (κ2) is 2.46. The first kappa shape index (κ1) is 6.53. The van der Waals surface area contributed by atoms with Gasteiger partial charge in [-0.1, -0.05) is 6.92 Å². The van der Waals surface area contributed by atoms with Crippen LogP contribution >= 0.6 is 0 Å². The summed E-state index contributed by atoms with van der Waals surface area (Å²) < 4.78 is 0. The standard InChI is InChI=1S/C9H10N2/c1-2-8-5-7-3-4-10-6-9(7)11-8/h3-4,6H,2,5H2,1H3. The van der Waals surface area contributed by atoms with Crippen LogP contribution in [0.3, 0.4) is 0 Å². The fourth-order valence-electron chi connectivity index (χ4n) is 1.30. The van der Waals surface area contributed by atoms with Crippen LogP contribution in [0, 0.1) is 0 Å². The van der Waals surface area contributed by atoms with Gasteiger partial charge >= 0.3 is 0 Å². The minimum atomic E-state index is 1.02. The van der Waals surface area contributed by atoms with E-state index in [1.54, 1.807) is 0 Å². The highest BCUT2D eigenvalue weighted by Gasteiger charge is 2.11. The number of aliphatic imine (C=N–C) groups is 1. The number of fused-ring (bicyclic) bond motifs is 1. The highest BCUT2D eigenvalue weighted by molar-refractivity contribution is 5.93. The summed E-state index contributed by atoms with van der Waals surface area (Å²) in [5.41, 5.74) is 3.65. The first-order chi connectivity index (χ1) is 5.40. The van der Waals surface area contributed by atoms with E-state index in [1.807, 2.05) is 18.5 Å². The van der Waals surface area contributed by atoms with Crippen molar-refractivity contribution in [2.45, 2.75) is 19.8 Å². The van der Waals surface area contributed by atoms with Crippen molar-refractivity contribution in [3.8, 4) is 0 Å². The summed E-state index contributed by atoms with van der Waals surface area (Å²) in [7, 11) is 0. The number of hydrogen-bond acceptors (Lipinski definition) is 2. The Morgan fingerprint density at radius 2 is 2.45 bits per heavy atom. The van der Waals surface area contributed by atoms with E-state index in [1.165, 1.54) is 11.3 Å². The smallest absolute Gasteiger partial charge is 0.0848 e. The fourth-order valence-corrected chi connectivity index (χ4v) is 1.30. The van der Waals surface area contributed by atoms with Gasteiger partial charge in [-0.05, 0) is 18.1 Å². The summed E-state index contributed by atoms with van der Waals surface area (Å²) in [6, 6.07) is 2.04. The Bertz CT molecular complexity index is 302. The third-order valence-electron chi connectivity index (χ3n) is 1.97. The van der Waals surface area contributed by atoms with Gasteiger partial charge in [-0.15, -0.1) is 0 Å². The summed E-state index contributed by atoms with van der Waals surface area (Å²) in [4.78, 5) is 8.44. The zero-order valence-electron chi connectivity index (χ0n) is 6.54. The molecular weight excluding hydrogens is 136 g/mol. The molecule has 2 heteroatoms. The van der Waals surface area contributed by atoms with Crippen molar-refractivity contribution >= 4 is 11.4 Å². The van der Waals surface area contributed by atoms with E-state index in [-0.39, 0.29) is 0 Å². The second-order valence-electron chi connectivity index (χ2n) is 2.71. The fraction of sp³-hybridized carbons (Fsp3) is 0.333. The van der Waals surface area contributed by atoms with Crippen molar-refractivity contribution < 1.29 is 0 Å². The van der Waals surface area contributed by atoms with Gasteiger partial charge in [-0.25, -0.2) is 0 Å². The molecule has 0 aromatic carbocycles. The molecule has 0 atom stereocenters. The summed E-state index contributed by atoms with van der Waals surface area (Å²) >= 11 is 0. The van der Waals surface area contributed by atoms with Crippen LogP contribution in [0.2, 0.25) is 0 Å². The molecule has 0 N–H and O–H groups in total. The predicted octanol–water partition coefficient (Wildman–Crippen LogP) is 2.12. The zero-order chi connectivity index (χ0) is 7.68. The first-order valence-electron chi connectivity index (χ1n) is 3.89. The maximum Gasteiger partial charge on any atom is 0.0848 e. The second-order valence-corrected chi connectivity index (χ2v) is 2.71. The number of pyridine rings is 1. The van der Waals surface area contributed by atoms with Crippen LogP contribution in [0.25, 0.3) is 0 Å². The van der Waals surface area contributed by atoms with E-state index in [0.717, 1.165) is 18.5 Å². The first-order valence-corrected chi connectivity index (χ1v) is 3.89. The average molecular weight is 146 g/mol. The molecule has 0 saturated heterocycles. The molecule has 11 heavy (non-hydrogen) atoms. The third-order valence-corrected chi connectivity index (χ3v) is 1.97. The molecule has 2 heterocycles. The minimum absolute atomic E-state index is 1.02. The number of hydrogen-bond donors (Lipinski definition) is 0. The molecule has 2 rings (SSSR count). The normalized spacial score (nSPS) is 14.5. The Kier molecular flexibility index (Phi) is 1.46. The lowest BCUT2D eigenvalue weighted by molar-refractivity contribution is 1.22. The molecule has 0 bridgehead atoms. The van der Waals surface area contributed by atoms with Crippen molar-refractivity contribution in [2.24, 2.45) is 4.99 Å². The van der Waals surface area contributed by atoms with Crippen LogP contribution in [0.15, 0.2) is 23.5 Å². The lowest BCUT2D eigenvalue weighted by atomic mass is 10.1. The van der Waals surface area contributed by atoms with Crippen LogP contribution in [0.4, 0.5) is 5.69 Å². The van der Waals surface area contributed by atoms with Gasteiger partial charge in [0.15, 0.2) is 0 Å². The van der Waals surface area contributed by atoms with Crippen molar-refractivity contribution in [3.63, 3.8) is 0 Å². The van der Waals surface area contributed by atoms with E-state index in [0.29, 0.717) is 0 Å². The Morgan fingerprint density at radius 3 is 3.18 bits per heavy atom. The highest BCUT2D eigenvalue weighted by Crippen LogP contribution is 2.25. The molecule has 0 amide bonds. The lowest BCUT2D eigenvalue weighted by Crippen LogP contribution is -1.93. The molecule has 1 aromatic heterocycles. The van der Waals surface area contributed by atoms with Crippen molar-refractivity contribution in [2.75, 3.05) is 0 Å². The van der Waals surface area contributed by atoms with Gasteiger partial charge < -0.3 is 0 Å². The number of nitrogens with zero attached hydrogens (tertiary/aromatic N) is 2. The molecule has 0 aliphatic carbocycles. The van der Waals surface area contributed by atoms with Crippen LogP contribution in [0.1, 0.15) is 18.9 Å². The van der Waals surface area contributed by atoms with Crippen LogP contribution in [-0.2, 0) is 6.42 Å². The lowest BCUT2D eigenvalue weighted by Gasteiger charge is -1.91. The van der Waals surface area contributed by atoms with Gasteiger partial charge in [0.1, 0.15) is 0 Å². The van der Waals surface area contributed by atoms with Crippen molar-refractivity contribution in [3.05, 3.63) is 24.0 Å². The van der Waals surface area contributed by atoms with E-state index in [2.05, 4.69) is 16.9 Å². The van der Waals surface area contributed by atoms with Crippen LogP contribution < -0.4 is 0 Å². The zero-order valence-corrected chi connectivity index (χ0v) is 6.54. The van der Waals surface area contributed by atoms with Crippen molar-refractivity contribution in [1.82, 2.24) is 4.98 Å². The van der Waals surface area contributed by atoms with Gasteiger partial charge in [-0.2, -0.15) is 0 Å². The van der Waals surface area contributed by atoms with E-state index in [4.69, 9.17) is 0 Å². The maximum absolute atomic E-state index is 4.42. The number of aromatic nitrogens is 1. The van der Waals surface area contributed by atoms with Gasteiger partial charge in [0, 0.05) is 18.3 Å². The molecule has 1 aromatic rings. The summed E-state index contributed by atoms with van der Waals surface area (Å²) in [5, 5.41) is 0.